The third kappa shape index (κ3) is 4.42. The Bertz CT molecular complexity index is 1660. The number of hydrogen-bond donors (Lipinski definition) is 0. The van der Waals surface area contributed by atoms with Crippen LogP contribution < -0.4 is 4.90 Å². The van der Waals surface area contributed by atoms with Crippen molar-refractivity contribution >= 4 is 11.6 Å². The van der Waals surface area contributed by atoms with Gasteiger partial charge in [0.1, 0.15) is 12.2 Å². The van der Waals surface area contributed by atoms with E-state index in [2.05, 4.69) is 34.2 Å². The fourth-order valence-electron chi connectivity index (χ4n) is 7.34. The van der Waals surface area contributed by atoms with Crippen LogP contribution in [0.15, 0.2) is 89.9 Å². The van der Waals surface area contributed by atoms with E-state index >= 15 is 0 Å². The quantitative estimate of drug-likeness (QED) is 0.385. The van der Waals surface area contributed by atoms with Crippen molar-refractivity contribution in [1.29, 1.82) is 0 Å². The van der Waals surface area contributed by atoms with Crippen molar-refractivity contribution in [2.24, 2.45) is 18.9 Å². The van der Waals surface area contributed by atoms with Gasteiger partial charge in [-0.3, -0.25) is 14.6 Å². The number of carbonyl (C=O) groups is 1. The van der Waals surface area contributed by atoms with Crippen molar-refractivity contribution in [2.45, 2.75) is 44.3 Å². The Balaban J connectivity index is 1.20. The summed E-state index contributed by atoms with van der Waals surface area (Å²) in [5, 5.41) is 8.49. The molecule has 3 heterocycles. The van der Waals surface area contributed by atoms with E-state index in [0.717, 1.165) is 37.2 Å². The van der Waals surface area contributed by atoms with Gasteiger partial charge in [0.05, 0.1) is 16.9 Å². The molecule has 42 heavy (non-hydrogen) atoms. The molecule has 1 aromatic heterocycles. The first-order valence-corrected chi connectivity index (χ1v) is 14.4. The molecule has 0 bridgehead atoms. The number of nitrogens with zero attached hydrogens (tertiary/aromatic N) is 5. The maximum Gasteiger partial charge on any atom is 0.416 e. The monoisotopic (exact) mass is 571 g/mol. The number of aromatic nitrogens is 3. The van der Waals surface area contributed by atoms with Crippen LogP contribution in [0.25, 0.3) is 0 Å². The van der Waals surface area contributed by atoms with Crippen LogP contribution in [0.2, 0.25) is 0 Å². The lowest BCUT2D eigenvalue weighted by atomic mass is 9.58. The highest BCUT2D eigenvalue weighted by molar-refractivity contribution is 6.04. The molecule has 1 unspecified atom stereocenters. The number of carbonyl (C=O) groups excluding carboxylic acids is 1. The molecule has 1 amide bonds. The van der Waals surface area contributed by atoms with Gasteiger partial charge in [-0.25, -0.2) is 0 Å². The third-order valence-corrected chi connectivity index (χ3v) is 9.26. The van der Waals surface area contributed by atoms with E-state index in [1.807, 2.05) is 41.9 Å². The number of amides is 1. The number of rotatable bonds is 5. The lowest BCUT2D eigenvalue weighted by Crippen LogP contribution is -2.43. The van der Waals surface area contributed by atoms with E-state index in [4.69, 9.17) is 0 Å². The van der Waals surface area contributed by atoms with Crippen LogP contribution in [-0.2, 0) is 30.2 Å². The van der Waals surface area contributed by atoms with Crippen molar-refractivity contribution < 1.29 is 18.0 Å². The van der Waals surface area contributed by atoms with Crippen LogP contribution in [0, 0.1) is 11.8 Å². The lowest BCUT2D eigenvalue weighted by Gasteiger charge is -2.46. The van der Waals surface area contributed by atoms with Gasteiger partial charge in [0.2, 0.25) is 5.91 Å². The van der Waals surface area contributed by atoms with Crippen LogP contribution in [0.4, 0.5) is 18.9 Å². The molecular weight excluding hydrogens is 539 g/mol. The second kappa shape index (κ2) is 9.80. The number of alkyl halides is 3. The topological polar surface area (TPSA) is 54.3 Å². The summed E-state index contributed by atoms with van der Waals surface area (Å²) in [5.74, 6) is 0.0138. The molecule has 0 radical (unpaired) electrons. The number of allylic oxidation sites excluding steroid dienone is 1. The van der Waals surface area contributed by atoms with E-state index in [9.17, 15) is 18.0 Å². The molecule has 9 heteroatoms. The van der Waals surface area contributed by atoms with Crippen molar-refractivity contribution in [1.82, 2.24) is 19.7 Å². The number of fused-ring (bicyclic) bond motifs is 2. The zero-order valence-electron chi connectivity index (χ0n) is 23.6. The van der Waals surface area contributed by atoms with E-state index < -0.39 is 17.7 Å². The Morgan fingerprint density at radius 1 is 1.07 bits per heavy atom. The summed E-state index contributed by atoms with van der Waals surface area (Å²) in [6.07, 6.45) is 4.06. The van der Waals surface area contributed by atoms with Gasteiger partial charge in [-0.05, 0) is 71.2 Å². The predicted octanol–water partition coefficient (Wildman–Crippen LogP) is 5.86. The zero-order valence-corrected chi connectivity index (χ0v) is 23.6. The number of hydrogen-bond acceptors (Lipinski definition) is 4. The SMILES string of the molecule is CC1CC(c2cccc(N3C=C4C(C(F)(F)F)=CC(CN5CCc6ccccc6C5)=CC4C3=O)c2)(c2nncn2C)C1. The number of aryl methyl sites for hydroxylation is 1. The third-order valence-electron chi connectivity index (χ3n) is 9.26. The first-order chi connectivity index (χ1) is 20.1. The molecule has 0 saturated heterocycles. The molecule has 7 rings (SSSR count). The average molecular weight is 572 g/mol. The molecule has 3 aromatic rings. The molecule has 2 aliphatic carbocycles. The lowest BCUT2D eigenvalue weighted by molar-refractivity contribution is -0.119. The number of benzene rings is 2. The van der Waals surface area contributed by atoms with Crippen molar-refractivity contribution in [2.75, 3.05) is 18.0 Å². The van der Waals surface area contributed by atoms with Crippen LogP contribution in [0.1, 0.15) is 42.3 Å². The fraction of sp³-hybridized carbons (Fsp3) is 0.364. The molecular formula is C33H32F3N5O. The summed E-state index contributed by atoms with van der Waals surface area (Å²) >= 11 is 0. The highest BCUT2D eigenvalue weighted by Gasteiger charge is 2.49. The van der Waals surface area contributed by atoms with Gasteiger partial charge in [-0.2, -0.15) is 13.2 Å². The standard InChI is InChI=1S/C33H32F3N5O/c1-21-15-32(16-21,31-38-37-20-39(31)2)25-8-5-9-26(14-25)41-19-28-27(30(41)42)12-22(13-29(28)33(34,35)36)17-40-11-10-23-6-3-4-7-24(23)18-40/h3-9,12-14,19-21,27H,10-11,15-18H2,1-2H3. The van der Waals surface area contributed by atoms with Crippen LogP contribution in [0.3, 0.4) is 0 Å². The van der Waals surface area contributed by atoms with Gasteiger partial charge in [0.15, 0.2) is 0 Å². The first kappa shape index (κ1) is 26.9. The van der Waals surface area contributed by atoms with Crippen LogP contribution >= 0.6 is 0 Å². The second-order valence-electron chi connectivity index (χ2n) is 12.2. The molecule has 1 fully saturated rings. The Labute approximate surface area is 242 Å². The van der Waals surface area contributed by atoms with Gasteiger partial charge in [0, 0.05) is 38.6 Å². The minimum absolute atomic E-state index is 0.00548. The maximum atomic E-state index is 14.4. The number of halogens is 3. The van der Waals surface area contributed by atoms with Gasteiger partial charge < -0.3 is 4.57 Å². The summed E-state index contributed by atoms with van der Waals surface area (Å²) in [4.78, 5) is 17.3. The van der Waals surface area contributed by atoms with Gasteiger partial charge in [-0.15, -0.1) is 10.2 Å². The normalized spacial score (nSPS) is 25.8. The Morgan fingerprint density at radius 3 is 2.57 bits per heavy atom. The van der Waals surface area contributed by atoms with Crippen molar-refractivity contribution in [3.8, 4) is 0 Å². The van der Waals surface area contributed by atoms with Crippen molar-refractivity contribution in [3.63, 3.8) is 0 Å². The average Bonchev–Trinajstić information content (AvgIpc) is 3.53. The van der Waals surface area contributed by atoms with Crippen LogP contribution in [-0.4, -0.2) is 44.8 Å². The van der Waals surface area contributed by atoms with Gasteiger partial charge in [0.25, 0.3) is 0 Å². The Hall–Kier alpha value is -3.98. The molecule has 4 aliphatic rings. The molecule has 6 nitrogen and oxygen atoms in total. The van der Waals surface area contributed by atoms with Crippen molar-refractivity contribution in [3.05, 3.63) is 112 Å². The highest BCUT2D eigenvalue weighted by Crippen LogP contribution is 2.52. The molecule has 0 spiro atoms. The number of anilines is 1. The predicted molar refractivity (Wildman–Crippen MR) is 153 cm³/mol. The molecule has 216 valence electrons. The van der Waals surface area contributed by atoms with Crippen LogP contribution in [0.5, 0.6) is 0 Å². The Kier molecular flexibility index (Phi) is 6.27. The summed E-state index contributed by atoms with van der Waals surface area (Å²) in [6.45, 7) is 3.98. The fourth-order valence-corrected chi connectivity index (χ4v) is 7.34. The van der Waals surface area contributed by atoms with E-state index in [1.165, 1.54) is 28.3 Å². The summed E-state index contributed by atoms with van der Waals surface area (Å²) in [6, 6.07) is 15.8. The molecule has 2 aliphatic heterocycles. The highest BCUT2D eigenvalue weighted by atomic mass is 19.4. The molecule has 2 aromatic carbocycles. The Morgan fingerprint density at radius 2 is 1.86 bits per heavy atom. The van der Waals surface area contributed by atoms with E-state index in [1.54, 1.807) is 18.5 Å². The van der Waals surface area contributed by atoms with Gasteiger partial charge >= 0.3 is 6.18 Å². The second-order valence-corrected chi connectivity index (χ2v) is 12.2. The molecule has 1 atom stereocenters. The van der Waals surface area contributed by atoms with E-state index in [0.29, 0.717) is 30.3 Å². The summed E-state index contributed by atoms with van der Waals surface area (Å²) in [7, 11) is 1.92. The zero-order chi connectivity index (χ0) is 29.2. The summed E-state index contributed by atoms with van der Waals surface area (Å²) in [5.41, 5.74) is 3.47. The maximum absolute atomic E-state index is 14.4. The smallest absolute Gasteiger partial charge is 0.320 e. The molecule has 0 N–H and O–H groups in total. The first-order valence-electron chi connectivity index (χ1n) is 14.4. The minimum Gasteiger partial charge on any atom is -0.320 e. The van der Waals surface area contributed by atoms with Gasteiger partial charge in [-0.1, -0.05) is 49.4 Å². The van der Waals surface area contributed by atoms with E-state index in [-0.39, 0.29) is 16.9 Å². The molecule has 1 saturated carbocycles. The minimum atomic E-state index is -4.58. The summed E-state index contributed by atoms with van der Waals surface area (Å²) < 4.78 is 45.1. The largest absolute Gasteiger partial charge is 0.416 e.